The fourth-order valence-corrected chi connectivity index (χ4v) is 0.898. The molecule has 0 unspecified atom stereocenters. The summed E-state index contributed by atoms with van der Waals surface area (Å²) in [4.78, 5) is 0. The first-order valence-electron chi connectivity index (χ1n) is 4.26. The Morgan fingerprint density at radius 1 is 1.31 bits per heavy atom. The molecule has 0 spiro atoms. The highest BCUT2D eigenvalue weighted by Crippen LogP contribution is 2.09. The number of rotatable bonds is 3. The molecule has 0 atom stereocenters. The number of hydrogen-bond acceptors (Lipinski definition) is 2. The molecule has 0 saturated carbocycles. The van der Waals surface area contributed by atoms with Crippen molar-refractivity contribution < 1.29 is 4.39 Å². The summed E-state index contributed by atoms with van der Waals surface area (Å²) < 4.78 is 12.5. The van der Waals surface area contributed by atoms with Gasteiger partial charge in [-0.25, -0.2) is 4.39 Å². The molecule has 1 aromatic rings. The van der Waals surface area contributed by atoms with Crippen LogP contribution < -0.4 is 11.1 Å². The summed E-state index contributed by atoms with van der Waals surface area (Å²) in [5, 5.41) is 3.12. The Morgan fingerprint density at radius 3 is 2.31 bits per heavy atom. The standard InChI is InChI=1S/C10H15FN2/c1-10(2,12)7-13-9-5-3-8(11)4-6-9/h3-6,13H,7,12H2,1-2H3. The Balaban J connectivity index is 2.51. The average Bonchev–Trinajstić information content (AvgIpc) is 2.02. The van der Waals surface area contributed by atoms with E-state index in [1.54, 1.807) is 12.1 Å². The van der Waals surface area contributed by atoms with Crippen LogP contribution in [0.2, 0.25) is 0 Å². The zero-order chi connectivity index (χ0) is 9.90. The van der Waals surface area contributed by atoms with Gasteiger partial charge in [0.05, 0.1) is 0 Å². The summed E-state index contributed by atoms with van der Waals surface area (Å²) in [6.07, 6.45) is 0. The highest BCUT2D eigenvalue weighted by atomic mass is 19.1. The van der Waals surface area contributed by atoms with Crippen LogP contribution >= 0.6 is 0 Å². The highest BCUT2D eigenvalue weighted by Gasteiger charge is 2.09. The van der Waals surface area contributed by atoms with Crippen molar-refractivity contribution in [2.24, 2.45) is 5.73 Å². The van der Waals surface area contributed by atoms with Crippen molar-refractivity contribution >= 4 is 5.69 Å². The number of anilines is 1. The van der Waals surface area contributed by atoms with Crippen LogP contribution in [0.1, 0.15) is 13.8 Å². The molecule has 0 radical (unpaired) electrons. The van der Waals surface area contributed by atoms with Crippen LogP contribution in [0.4, 0.5) is 10.1 Å². The molecule has 0 aromatic heterocycles. The third-order valence-corrected chi connectivity index (χ3v) is 1.59. The van der Waals surface area contributed by atoms with Gasteiger partial charge < -0.3 is 11.1 Å². The van der Waals surface area contributed by atoms with Crippen LogP contribution in [0.5, 0.6) is 0 Å². The lowest BCUT2D eigenvalue weighted by Gasteiger charge is -2.19. The Bertz CT molecular complexity index is 261. The minimum atomic E-state index is -0.256. The van der Waals surface area contributed by atoms with Crippen LogP contribution in [0.3, 0.4) is 0 Å². The largest absolute Gasteiger partial charge is 0.383 e. The summed E-state index contributed by atoms with van der Waals surface area (Å²) in [6, 6.07) is 6.24. The smallest absolute Gasteiger partial charge is 0.123 e. The average molecular weight is 182 g/mol. The molecule has 3 N–H and O–H groups in total. The third kappa shape index (κ3) is 3.90. The minimum Gasteiger partial charge on any atom is -0.383 e. The first kappa shape index (κ1) is 9.99. The minimum absolute atomic E-state index is 0.224. The van der Waals surface area contributed by atoms with E-state index in [1.165, 1.54) is 12.1 Å². The zero-order valence-electron chi connectivity index (χ0n) is 7.97. The van der Waals surface area contributed by atoms with E-state index in [2.05, 4.69) is 5.32 Å². The van der Waals surface area contributed by atoms with Crippen molar-refractivity contribution in [2.45, 2.75) is 19.4 Å². The van der Waals surface area contributed by atoms with Gasteiger partial charge in [0.2, 0.25) is 0 Å². The molecule has 0 aliphatic carbocycles. The molecule has 1 rings (SSSR count). The number of nitrogens with one attached hydrogen (secondary N) is 1. The second kappa shape index (κ2) is 3.75. The number of hydrogen-bond donors (Lipinski definition) is 2. The van der Waals surface area contributed by atoms with Crippen LogP contribution in [0, 0.1) is 5.82 Å². The van der Waals surface area contributed by atoms with E-state index in [-0.39, 0.29) is 11.4 Å². The molecule has 3 heteroatoms. The number of halogens is 1. The van der Waals surface area contributed by atoms with E-state index >= 15 is 0 Å². The van der Waals surface area contributed by atoms with E-state index in [9.17, 15) is 4.39 Å². The Morgan fingerprint density at radius 2 is 1.85 bits per heavy atom. The predicted octanol–water partition coefficient (Wildman–Crippen LogP) is 1.97. The monoisotopic (exact) mass is 182 g/mol. The van der Waals surface area contributed by atoms with Crippen molar-refractivity contribution in [1.29, 1.82) is 0 Å². The molecular weight excluding hydrogens is 167 g/mol. The maximum atomic E-state index is 12.5. The quantitative estimate of drug-likeness (QED) is 0.750. The normalized spacial score (nSPS) is 11.4. The molecule has 0 fully saturated rings. The molecule has 0 heterocycles. The van der Waals surface area contributed by atoms with Crippen molar-refractivity contribution in [2.75, 3.05) is 11.9 Å². The van der Waals surface area contributed by atoms with Crippen LogP contribution in [0.25, 0.3) is 0 Å². The highest BCUT2D eigenvalue weighted by molar-refractivity contribution is 5.43. The predicted molar refractivity (Wildman–Crippen MR) is 53.2 cm³/mol. The van der Waals surface area contributed by atoms with Crippen molar-refractivity contribution in [1.82, 2.24) is 0 Å². The first-order chi connectivity index (χ1) is 5.97. The molecule has 0 aliphatic rings. The Kier molecular flexibility index (Phi) is 2.88. The molecule has 0 saturated heterocycles. The topological polar surface area (TPSA) is 38.0 Å². The maximum absolute atomic E-state index is 12.5. The summed E-state index contributed by atoms with van der Waals surface area (Å²) in [6.45, 7) is 4.53. The van der Waals surface area contributed by atoms with Gasteiger partial charge in [0, 0.05) is 17.8 Å². The van der Waals surface area contributed by atoms with Gasteiger partial charge in [0.15, 0.2) is 0 Å². The fraction of sp³-hybridized carbons (Fsp3) is 0.400. The van der Waals surface area contributed by atoms with E-state index in [1.807, 2.05) is 13.8 Å². The van der Waals surface area contributed by atoms with Crippen molar-refractivity contribution in [3.8, 4) is 0 Å². The molecule has 0 amide bonds. The maximum Gasteiger partial charge on any atom is 0.123 e. The zero-order valence-corrected chi connectivity index (χ0v) is 7.97. The number of benzene rings is 1. The van der Waals surface area contributed by atoms with Gasteiger partial charge in [-0.3, -0.25) is 0 Å². The third-order valence-electron chi connectivity index (χ3n) is 1.59. The van der Waals surface area contributed by atoms with Gasteiger partial charge in [-0.15, -0.1) is 0 Å². The summed E-state index contributed by atoms with van der Waals surface area (Å²) in [7, 11) is 0. The lowest BCUT2D eigenvalue weighted by atomic mass is 10.1. The molecule has 0 bridgehead atoms. The Hall–Kier alpha value is -1.09. The number of nitrogens with two attached hydrogens (primary N) is 1. The SMILES string of the molecule is CC(C)(N)CNc1ccc(F)cc1. The molecule has 0 aliphatic heterocycles. The van der Waals surface area contributed by atoms with E-state index < -0.39 is 0 Å². The van der Waals surface area contributed by atoms with Crippen molar-refractivity contribution in [3.63, 3.8) is 0 Å². The summed E-state index contributed by atoms with van der Waals surface area (Å²) in [5.41, 5.74) is 6.41. The second-order valence-electron chi connectivity index (χ2n) is 3.85. The van der Waals surface area contributed by atoms with Gasteiger partial charge in [0.1, 0.15) is 5.82 Å². The Labute approximate surface area is 77.9 Å². The van der Waals surface area contributed by atoms with Gasteiger partial charge >= 0.3 is 0 Å². The van der Waals surface area contributed by atoms with E-state index in [4.69, 9.17) is 5.73 Å². The van der Waals surface area contributed by atoms with Gasteiger partial charge in [-0.1, -0.05) is 0 Å². The van der Waals surface area contributed by atoms with E-state index in [0.29, 0.717) is 6.54 Å². The van der Waals surface area contributed by atoms with Gasteiger partial charge in [-0.05, 0) is 38.1 Å². The van der Waals surface area contributed by atoms with Crippen LogP contribution in [-0.4, -0.2) is 12.1 Å². The molecule has 2 nitrogen and oxygen atoms in total. The first-order valence-corrected chi connectivity index (χ1v) is 4.26. The van der Waals surface area contributed by atoms with Gasteiger partial charge in [0.25, 0.3) is 0 Å². The lowest BCUT2D eigenvalue weighted by Crippen LogP contribution is -2.39. The lowest BCUT2D eigenvalue weighted by molar-refractivity contribution is 0.549. The van der Waals surface area contributed by atoms with Gasteiger partial charge in [-0.2, -0.15) is 0 Å². The van der Waals surface area contributed by atoms with Crippen molar-refractivity contribution in [3.05, 3.63) is 30.1 Å². The van der Waals surface area contributed by atoms with Crippen LogP contribution in [0.15, 0.2) is 24.3 Å². The van der Waals surface area contributed by atoms with Crippen LogP contribution in [-0.2, 0) is 0 Å². The fourth-order valence-electron chi connectivity index (χ4n) is 0.898. The second-order valence-corrected chi connectivity index (χ2v) is 3.85. The molecule has 1 aromatic carbocycles. The summed E-state index contributed by atoms with van der Waals surface area (Å²) in [5.74, 6) is -0.224. The van der Waals surface area contributed by atoms with E-state index in [0.717, 1.165) is 5.69 Å². The molecular formula is C10H15FN2. The molecule has 72 valence electrons. The molecule has 13 heavy (non-hydrogen) atoms. The summed E-state index contributed by atoms with van der Waals surface area (Å²) >= 11 is 0.